The monoisotopic (exact) mass is 362 g/mol. The van der Waals surface area contributed by atoms with Crippen molar-refractivity contribution >= 4 is 21.4 Å². The molecule has 2 fully saturated rings. The van der Waals surface area contributed by atoms with Gasteiger partial charge in [-0.2, -0.15) is 0 Å². The van der Waals surface area contributed by atoms with Gasteiger partial charge in [-0.15, -0.1) is 0 Å². The second-order valence-electron chi connectivity index (χ2n) is 8.82. The minimum absolute atomic E-state index is 0.0210. The molecule has 0 spiro atoms. The number of rotatable bonds is 0. The van der Waals surface area contributed by atoms with E-state index in [1.54, 1.807) is 0 Å². The summed E-state index contributed by atoms with van der Waals surface area (Å²) in [5.41, 5.74) is 0.328. The third-order valence-corrected chi connectivity index (χ3v) is 10.2. The maximum Gasteiger partial charge on any atom is 0.178 e. The van der Waals surface area contributed by atoms with Crippen LogP contribution in [0, 0.1) is 22.7 Å². The van der Waals surface area contributed by atoms with Crippen LogP contribution in [-0.4, -0.2) is 25.2 Å². The minimum Gasteiger partial charge on any atom is -0.300 e. The molecule has 0 amide bonds. The molecule has 0 N–H and O–H groups in total. The van der Waals surface area contributed by atoms with Crippen LogP contribution in [0.25, 0.3) is 0 Å². The van der Waals surface area contributed by atoms with Gasteiger partial charge in [0.1, 0.15) is 5.78 Å². The summed E-state index contributed by atoms with van der Waals surface area (Å²) in [7, 11) is -3.42. The number of hydrogen-bond acceptors (Lipinski definition) is 4. The van der Waals surface area contributed by atoms with E-state index in [1.165, 1.54) is 18.6 Å². The quantitative estimate of drug-likeness (QED) is 0.620. The Bertz CT molecular complexity index is 834. The lowest BCUT2D eigenvalue weighted by Gasteiger charge is -2.57. The van der Waals surface area contributed by atoms with Gasteiger partial charge in [-0.05, 0) is 55.9 Å². The second kappa shape index (κ2) is 5.15. The van der Waals surface area contributed by atoms with Crippen molar-refractivity contribution < 1.29 is 18.0 Å². The zero-order valence-corrected chi connectivity index (χ0v) is 16.0. The number of fused-ring (bicyclic) bond motifs is 5. The topological polar surface area (TPSA) is 68.3 Å². The van der Waals surface area contributed by atoms with E-state index in [0.29, 0.717) is 31.0 Å². The Labute approximate surface area is 149 Å². The minimum atomic E-state index is -3.42. The van der Waals surface area contributed by atoms with Crippen LogP contribution in [0.15, 0.2) is 22.6 Å². The normalized spacial score (nSPS) is 45.6. The number of carbonyl (C=O) groups excluding carboxylic acids is 2. The van der Waals surface area contributed by atoms with Crippen LogP contribution in [0.3, 0.4) is 0 Å². The van der Waals surface area contributed by atoms with Gasteiger partial charge in [-0.1, -0.05) is 25.5 Å². The number of carbonyl (C=O) groups is 2. The zero-order chi connectivity index (χ0) is 18.2. The predicted octanol–water partition coefficient (Wildman–Crippen LogP) is 3.38. The molecule has 3 aliphatic carbocycles. The molecule has 25 heavy (non-hydrogen) atoms. The molecule has 5 heteroatoms. The van der Waals surface area contributed by atoms with E-state index in [2.05, 4.69) is 13.0 Å². The van der Waals surface area contributed by atoms with Gasteiger partial charge in [0.2, 0.25) is 0 Å². The fourth-order valence-electron chi connectivity index (χ4n) is 6.05. The third kappa shape index (κ3) is 2.08. The van der Waals surface area contributed by atoms with Gasteiger partial charge in [0, 0.05) is 17.7 Å². The summed E-state index contributed by atoms with van der Waals surface area (Å²) in [6.45, 7) is 5.64. The Morgan fingerprint density at radius 3 is 2.60 bits per heavy atom. The Morgan fingerprint density at radius 1 is 1.16 bits per heavy atom. The summed E-state index contributed by atoms with van der Waals surface area (Å²) in [6.07, 6.45) is 7.65. The van der Waals surface area contributed by atoms with E-state index in [4.69, 9.17) is 0 Å². The fourth-order valence-corrected chi connectivity index (χ4v) is 8.05. The molecule has 0 bridgehead atoms. The SMILES string of the molecule is CC1=CC(=O)[C@]2(C)[C@H]3CC[C@@H]4CC(=O)CC[C@]4(C)C3=CC[C@@H]2S1(=O)=O. The maximum atomic E-state index is 13.0. The molecule has 0 radical (unpaired) electrons. The first kappa shape index (κ1) is 17.2. The second-order valence-corrected chi connectivity index (χ2v) is 11.1. The van der Waals surface area contributed by atoms with E-state index in [-0.39, 0.29) is 22.0 Å². The summed E-state index contributed by atoms with van der Waals surface area (Å²) < 4.78 is 25.8. The van der Waals surface area contributed by atoms with E-state index in [1.807, 2.05) is 6.92 Å². The van der Waals surface area contributed by atoms with Gasteiger partial charge in [-0.25, -0.2) is 8.42 Å². The lowest BCUT2D eigenvalue weighted by Crippen LogP contribution is -2.57. The highest BCUT2D eigenvalue weighted by Crippen LogP contribution is 2.62. The lowest BCUT2D eigenvalue weighted by atomic mass is 9.48. The Morgan fingerprint density at radius 2 is 1.88 bits per heavy atom. The van der Waals surface area contributed by atoms with Crippen LogP contribution in [0.1, 0.15) is 59.3 Å². The lowest BCUT2D eigenvalue weighted by molar-refractivity contribution is -0.130. The summed E-state index contributed by atoms with van der Waals surface area (Å²) in [4.78, 5) is 25.1. The van der Waals surface area contributed by atoms with Crippen LogP contribution in [0.2, 0.25) is 0 Å². The largest absolute Gasteiger partial charge is 0.300 e. The first-order valence-corrected chi connectivity index (χ1v) is 10.9. The van der Waals surface area contributed by atoms with Crippen molar-refractivity contribution in [2.75, 3.05) is 0 Å². The number of hydrogen-bond donors (Lipinski definition) is 0. The molecule has 4 rings (SSSR count). The number of allylic oxidation sites excluding steroid dienone is 4. The summed E-state index contributed by atoms with van der Waals surface area (Å²) in [5.74, 6) is 0.627. The molecule has 0 saturated heterocycles. The summed E-state index contributed by atoms with van der Waals surface area (Å²) in [6, 6.07) is 0. The average Bonchev–Trinajstić information content (AvgIpc) is 2.54. The first-order chi connectivity index (χ1) is 11.6. The Kier molecular flexibility index (Phi) is 3.54. The molecule has 0 unspecified atom stereocenters. The fraction of sp³-hybridized carbons (Fsp3) is 0.700. The molecule has 4 nitrogen and oxygen atoms in total. The van der Waals surface area contributed by atoms with Gasteiger partial charge in [0.15, 0.2) is 15.6 Å². The van der Waals surface area contributed by atoms with E-state index in [9.17, 15) is 18.0 Å². The average molecular weight is 362 g/mol. The van der Waals surface area contributed by atoms with Crippen LogP contribution < -0.4 is 0 Å². The first-order valence-electron chi connectivity index (χ1n) is 9.30. The molecular weight excluding hydrogens is 336 g/mol. The smallest absolute Gasteiger partial charge is 0.178 e. The standard InChI is InChI=1S/C20H26O4S/c1-12-10-17(22)20(3)16-5-4-13-11-14(21)8-9-19(13,2)15(16)6-7-18(20)25(12,23)24/h6,10,13,16,18H,4-5,7-9,11H2,1-3H3/t13-,16+,18+,19+,20+/m1/s1. The van der Waals surface area contributed by atoms with Gasteiger partial charge >= 0.3 is 0 Å². The molecule has 0 aromatic carbocycles. The van der Waals surface area contributed by atoms with Crippen molar-refractivity contribution in [2.45, 2.75) is 64.5 Å². The predicted molar refractivity (Wildman–Crippen MR) is 95.5 cm³/mol. The van der Waals surface area contributed by atoms with Gasteiger partial charge < -0.3 is 0 Å². The molecule has 136 valence electrons. The molecule has 0 aromatic heterocycles. The van der Waals surface area contributed by atoms with Crippen molar-refractivity contribution in [1.29, 1.82) is 0 Å². The van der Waals surface area contributed by atoms with Crippen molar-refractivity contribution in [3.63, 3.8) is 0 Å². The molecule has 0 aromatic rings. The molecule has 4 aliphatic rings. The Hall–Kier alpha value is -1.23. The highest BCUT2D eigenvalue weighted by Gasteiger charge is 2.61. The van der Waals surface area contributed by atoms with Crippen molar-refractivity contribution in [3.05, 3.63) is 22.6 Å². The van der Waals surface area contributed by atoms with Gasteiger partial charge in [-0.3, -0.25) is 9.59 Å². The summed E-state index contributed by atoms with van der Waals surface area (Å²) in [5, 5.41) is -0.642. The van der Waals surface area contributed by atoms with E-state index in [0.717, 1.165) is 19.3 Å². The summed E-state index contributed by atoms with van der Waals surface area (Å²) >= 11 is 0. The van der Waals surface area contributed by atoms with Crippen molar-refractivity contribution in [1.82, 2.24) is 0 Å². The molecular formula is C20H26O4S. The van der Waals surface area contributed by atoms with Crippen molar-refractivity contribution in [2.24, 2.45) is 22.7 Å². The van der Waals surface area contributed by atoms with Crippen LogP contribution >= 0.6 is 0 Å². The number of Topliss-reactive ketones (excluding diaryl/α,β-unsaturated/α-hetero) is 1. The third-order valence-electron chi connectivity index (χ3n) is 7.77. The highest BCUT2D eigenvalue weighted by atomic mass is 32.2. The van der Waals surface area contributed by atoms with E-state index >= 15 is 0 Å². The molecule has 1 heterocycles. The molecule has 5 atom stereocenters. The van der Waals surface area contributed by atoms with Crippen LogP contribution in [0.4, 0.5) is 0 Å². The number of sulfone groups is 1. The number of ketones is 2. The molecule has 1 aliphatic heterocycles. The van der Waals surface area contributed by atoms with E-state index < -0.39 is 20.5 Å². The maximum absolute atomic E-state index is 13.0. The van der Waals surface area contributed by atoms with Crippen molar-refractivity contribution in [3.8, 4) is 0 Å². The highest BCUT2D eigenvalue weighted by molar-refractivity contribution is 7.96. The van der Waals surface area contributed by atoms with Crippen LogP contribution in [0.5, 0.6) is 0 Å². The zero-order valence-electron chi connectivity index (χ0n) is 15.2. The van der Waals surface area contributed by atoms with Crippen LogP contribution in [-0.2, 0) is 19.4 Å². The van der Waals surface area contributed by atoms with Gasteiger partial charge in [0.05, 0.1) is 10.7 Å². The molecule has 2 saturated carbocycles. The Balaban J connectivity index is 1.83. The van der Waals surface area contributed by atoms with Gasteiger partial charge in [0.25, 0.3) is 0 Å².